The summed E-state index contributed by atoms with van der Waals surface area (Å²) in [5.74, 6) is 0.822. The second kappa shape index (κ2) is 7.75. The summed E-state index contributed by atoms with van der Waals surface area (Å²) in [5, 5.41) is 0. The maximum absolute atomic E-state index is 12.5. The van der Waals surface area contributed by atoms with E-state index in [1.807, 2.05) is 28.1 Å². The maximum Gasteiger partial charge on any atom is 0.222 e. The first-order valence-electron chi connectivity index (χ1n) is 8.85. The minimum Gasteiger partial charge on any atom is -0.342 e. The average molecular weight is 330 g/mol. The molecule has 0 aliphatic carbocycles. The number of nitrogens with two attached hydrogens (primary N) is 1. The van der Waals surface area contributed by atoms with E-state index in [-0.39, 0.29) is 17.9 Å². The fourth-order valence-electron chi connectivity index (χ4n) is 3.96. The number of fused-ring (bicyclic) bond motifs is 1. The third-order valence-corrected chi connectivity index (χ3v) is 5.22. The monoisotopic (exact) mass is 330 g/mol. The van der Waals surface area contributed by atoms with E-state index in [0.717, 1.165) is 37.9 Å². The Bertz CT molecular complexity index is 578. The first-order chi connectivity index (χ1) is 11.7. The summed E-state index contributed by atoms with van der Waals surface area (Å²) in [6, 6.07) is 4.16. The second-order valence-electron chi connectivity index (χ2n) is 6.73. The zero-order chi connectivity index (χ0) is 16.9. The average Bonchev–Trinajstić information content (AvgIpc) is 2.62. The Morgan fingerprint density at radius 1 is 1.38 bits per heavy atom. The lowest BCUT2D eigenvalue weighted by atomic mass is 9.83. The Kier molecular flexibility index (Phi) is 5.45. The first kappa shape index (κ1) is 16.9. The quantitative estimate of drug-likeness (QED) is 0.866. The normalized spacial score (nSPS) is 24.0. The van der Waals surface area contributed by atoms with Gasteiger partial charge in [-0.2, -0.15) is 0 Å². The number of hydrogen-bond donors (Lipinski definition) is 1. The molecule has 0 radical (unpaired) electrons. The number of carbonyl (C=O) groups excluding carboxylic acids is 2. The molecule has 6 heteroatoms. The summed E-state index contributed by atoms with van der Waals surface area (Å²) in [6.07, 6.45) is 7.15. The molecule has 2 atom stereocenters. The maximum atomic E-state index is 12.5. The lowest BCUT2D eigenvalue weighted by Gasteiger charge is -2.47. The highest BCUT2D eigenvalue weighted by Gasteiger charge is 2.39. The van der Waals surface area contributed by atoms with E-state index in [4.69, 9.17) is 5.73 Å². The fourth-order valence-corrected chi connectivity index (χ4v) is 3.96. The number of pyridine rings is 1. The molecule has 0 saturated carbocycles. The molecular weight excluding hydrogens is 304 g/mol. The topological polar surface area (TPSA) is 79.5 Å². The van der Waals surface area contributed by atoms with Gasteiger partial charge in [-0.3, -0.25) is 14.6 Å². The van der Waals surface area contributed by atoms with Crippen LogP contribution in [0, 0.1) is 5.92 Å². The summed E-state index contributed by atoms with van der Waals surface area (Å²) in [5.41, 5.74) is 6.75. The highest BCUT2D eigenvalue weighted by atomic mass is 16.2. The van der Waals surface area contributed by atoms with Gasteiger partial charge in [0.1, 0.15) is 0 Å². The lowest BCUT2D eigenvalue weighted by molar-refractivity contribution is -0.144. The summed E-state index contributed by atoms with van der Waals surface area (Å²) >= 11 is 0. The summed E-state index contributed by atoms with van der Waals surface area (Å²) < 4.78 is 0. The molecule has 2 saturated heterocycles. The van der Waals surface area contributed by atoms with Gasteiger partial charge in [-0.1, -0.05) is 6.07 Å². The molecule has 130 valence electrons. The van der Waals surface area contributed by atoms with Gasteiger partial charge in [-0.15, -0.1) is 0 Å². The van der Waals surface area contributed by atoms with Gasteiger partial charge in [0.05, 0.1) is 0 Å². The Balaban J connectivity index is 1.54. The van der Waals surface area contributed by atoms with Crippen molar-refractivity contribution in [2.24, 2.45) is 11.7 Å². The van der Waals surface area contributed by atoms with E-state index in [9.17, 15) is 9.59 Å². The molecule has 0 spiro atoms. The van der Waals surface area contributed by atoms with Gasteiger partial charge in [0.2, 0.25) is 11.8 Å². The van der Waals surface area contributed by atoms with Crippen molar-refractivity contribution in [3.05, 3.63) is 30.1 Å². The number of amides is 2. The number of carbonyl (C=O) groups is 2. The van der Waals surface area contributed by atoms with Crippen LogP contribution in [0.4, 0.5) is 0 Å². The van der Waals surface area contributed by atoms with E-state index in [2.05, 4.69) is 4.98 Å². The Labute approximate surface area is 143 Å². The molecule has 1 aromatic rings. The molecule has 3 heterocycles. The smallest absolute Gasteiger partial charge is 0.222 e. The van der Waals surface area contributed by atoms with E-state index >= 15 is 0 Å². The van der Waals surface area contributed by atoms with Crippen LogP contribution in [0.2, 0.25) is 0 Å². The third-order valence-electron chi connectivity index (χ3n) is 5.22. The third kappa shape index (κ3) is 3.75. The highest BCUT2D eigenvalue weighted by molar-refractivity contribution is 5.78. The molecule has 0 aromatic carbocycles. The zero-order valence-corrected chi connectivity index (χ0v) is 14.1. The van der Waals surface area contributed by atoms with Gasteiger partial charge in [0, 0.05) is 57.5 Å². The number of piperidine rings is 2. The largest absolute Gasteiger partial charge is 0.342 e. The molecule has 2 N–H and O–H groups in total. The van der Waals surface area contributed by atoms with Crippen molar-refractivity contribution in [3.63, 3.8) is 0 Å². The van der Waals surface area contributed by atoms with E-state index in [1.54, 1.807) is 6.20 Å². The van der Waals surface area contributed by atoms with Crippen LogP contribution in [0.5, 0.6) is 0 Å². The molecule has 1 aromatic heterocycles. The predicted octanol–water partition coefficient (Wildman–Crippen LogP) is 0.812. The second-order valence-corrected chi connectivity index (χ2v) is 6.73. The molecule has 6 nitrogen and oxygen atoms in total. The van der Waals surface area contributed by atoms with Gasteiger partial charge >= 0.3 is 0 Å². The van der Waals surface area contributed by atoms with Crippen LogP contribution in [0.1, 0.15) is 31.2 Å². The van der Waals surface area contributed by atoms with Crippen LogP contribution >= 0.6 is 0 Å². The van der Waals surface area contributed by atoms with Crippen molar-refractivity contribution < 1.29 is 9.59 Å². The lowest BCUT2D eigenvalue weighted by Crippen LogP contribution is -2.57. The summed E-state index contributed by atoms with van der Waals surface area (Å²) in [7, 11) is 0. The van der Waals surface area contributed by atoms with Gasteiger partial charge in [0.25, 0.3) is 0 Å². The molecule has 2 aliphatic heterocycles. The minimum atomic E-state index is 0.208. The van der Waals surface area contributed by atoms with Crippen LogP contribution in [0.15, 0.2) is 24.5 Å². The molecule has 3 rings (SSSR count). The van der Waals surface area contributed by atoms with Gasteiger partial charge in [-0.05, 0) is 36.8 Å². The Morgan fingerprint density at radius 3 is 3.00 bits per heavy atom. The molecule has 2 fully saturated rings. The van der Waals surface area contributed by atoms with Crippen LogP contribution in [-0.2, 0) is 16.0 Å². The summed E-state index contributed by atoms with van der Waals surface area (Å²) in [6.45, 7) is 2.64. The number of nitrogens with zero attached hydrogens (tertiary/aromatic N) is 3. The Morgan fingerprint density at radius 2 is 2.25 bits per heavy atom. The molecule has 24 heavy (non-hydrogen) atoms. The molecule has 0 unspecified atom stereocenters. The van der Waals surface area contributed by atoms with Gasteiger partial charge in [-0.25, -0.2) is 0 Å². The number of rotatable bonds is 5. The van der Waals surface area contributed by atoms with E-state index in [1.165, 1.54) is 0 Å². The van der Waals surface area contributed by atoms with Crippen molar-refractivity contribution in [3.8, 4) is 0 Å². The SMILES string of the molecule is NCCN1C(=O)CC[C@H]2CN(C(=O)CCc3cccnc3)CC[C@H]21. The first-order valence-corrected chi connectivity index (χ1v) is 8.85. The zero-order valence-electron chi connectivity index (χ0n) is 14.1. The standard InChI is InChI=1S/C18H26N4O2/c19-8-11-22-16-7-10-21(13-15(16)4-6-18(22)24)17(23)5-3-14-2-1-9-20-12-14/h1-2,9,12,15-16H,3-8,10-11,13,19H2/t15-,16+/m0/s1. The molecule has 2 aliphatic rings. The van der Waals surface area contributed by atoms with Crippen molar-refractivity contribution in [2.45, 2.75) is 38.1 Å². The molecular formula is C18H26N4O2. The van der Waals surface area contributed by atoms with E-state index in [0.29, 0.717) is 31.8 Å². The van der Waals surface area contributed by atoms with Crippen LogP contribution in [-0.4, -0.2) is 58.8 Å². The minimum absolute atomic E-state index is 0.208. The number of hydrogen-bond acceptors (Lipinski definition) is 4. The van der Waals surface area contributed by atoms with Gasteiger partial charge < -0.3 is 15.5 Å². The number of aromatic nitrogens is 1. The predicted molar refractivity (Wildman–Crippen MR) is 91.0 cm³/mol. The fraction of sp³-hybridized carbons (Fsp3) is 0.611. The van der Waals surface area contributed by atoms with Crippen molar-refractivity contribution in [1.29, 1.82) is 0 Å². The summed E-state index contributed by atoms with van der Waals surface area (Å²) in [4.78, 5) is 32.6. The van der Waals surface area contributed by atoms with Crippen LogP contribution in [0.3, 0.4) is 0 Å². The van der Waals surface area contributed by atoms with Crippen molar-refractivity contribution in [2.75, 3.05) is 26.2 Å². The Hall–Kier alpha value is -1.95. The van der Waals surface area contributed by atoms with Crippen LogP contribution < -0.4 is 5.73 Å². The molecule has 0 bridgehead atoms. The number of likely N-dealkylation sites (tertiary alicyclic amines) is 2. The van der Waals surface area contributed by atoms with Crippen molar-refractivity contribution in [1.82, 2.24) is 14.8 Å². The number of aryl methyl sites for hydroxylation is 1. The van der Waals surface area contributed by atoms with Crippen molar-refractivity contribution >= 4 is 11.8 Å². The highest BCUT2D eigenvalue weighted by Crippen LogP contribution is 2.31. The molecule has 2 amide bonds. The van der Waals surface area contributed by atoms with Gasteiger partial charge in [0.15, 0.2) is 0 Å². The van der Waals surface area contributed by atoms with Crippen LogP contribution in [0.25, 0.3) is 0 Å². The van der Waals surface area contributed by atoms with E-state index < -0.39 is 0 Å².